The molecular formula is C10H18N4. The number of rotatable bonds is 1. The van der Waals surface area contributed by atoms with Gasteiger partial charge < -0.3 is 10.6 Å². The highest BCUT2D eigenvalue weighted by Gasteiger charge is 2.22. The third-order valence-corrected chi connectivity index (χ3v) is 3.13. The van der Waals surface area contributed by atoms with Gasteiger partial charge in [0.2, 0.25) is 0 Å². The minimum absolute atomic E-state index is 0.552. The third-order valence-electron chi connectivity index (χ3n) is 3.13. The fourth-order valence-corrected chi connectivity index (χ4v) is 2.05. The van der Waals surface area contributed by atoms with Gasteiger partial charge in [0.05, 0.1) is 17.1 Å². The summed E-state index contributed by atoms with van der Waals surface area (Å²) in [6.45, 7) is 4.27. The van der Waals surface area contributed by atoms with Gasteiger partial charge in [-0.2, -0.15) is 5.10 Å². The summed E-state index contributed by atoms with van der Waals surface area (Å²) < 4.78 is 0. The summed E-state index contributed by atoms with van der Waals surface area (Å²) in [4.78, 5) is 2.35. The van der Waals surface area contributed by atoms with Crippen LogP contribution in [0.4, 0.5) is 5.69 Å². The molecule has 4 nitrogen and oxygen atoms in total. The van der Waals surface area contributed by atoms with Gasteiger partial charge in [-0.25, -0.2) is 0 Å². The molecule has 1 aromatic heterocycles. The molecule has 0 spiro atoms. The van der Waals surface area contributed by atoms with Crippen LogP contribution in [0.15, 0.2) is 0 Å². The van der Waals surface area contributed by atoms with E-state index in [1.54, 1.807) is 0 Å². The molecule has 1 saturated heterocycles. The van der Waals surface area contributed by atoms with Crippen LogP contribution in [0.5, 0.6) is 0 Å². The largest absolute Gasteiger partial charge is 0.396 e. The minimum atomic E-state index is 0.552. The minimum Gasteiger partial charge on any atom is -0.396 e. The summed E-state index contributed by atoms with van der Waals surface area (Å²) in [5.41, 5.74) is 8.90. The summed E-state index contributed by atoms with van der Waals surface area (Å²) in [5, 5.41) is 7.25. The molecule has 0 amide bonds. The molecule has 0 aromatic carbocycles. The number of aromatic amines is 1. The molecule has 14 heavy (non-hydrogen) atoms. The van der Waals surface area contributed by atoms with Gasteiger partial charge in [0.15, 0.2) is 0 Å². The van der Waals surface area contributed by atoms with E-state index < -0.39 is 0 Å². The molecule has 3 N–H and O–H groups in total. The zero-order valence-corrected chi connectivity index (χ0v) is 8.88. The van der Waals surface area contributed by atoms with Crippen molar-refractivity contribution in [2.45, 2.75) is 25.7 Å². The molecule has 4 heteroatoms. The number of nitrogens with one attached hydrogen (secondary N) is 1. The van der Waals surface area contributed by atoms with E-state index in [1.807, 2.05) is 6.92 Å². The lowest BCUT2D eigenvalue weighted by molar-refractivity contribution is 0.253. The fraction of sp³-hybridized carbons (Fsp3) is 0.700. The van der Waals surface area contributed by atoms with Gasteiger partial charge in [-0.1, -0.05) is 0 Å². The Morgan fingerprint density at radius 1 is 1.43 bits per heavy atom. The number of anilines is 1. The van der Waals surface area contributed by atoms with E-state index in [1.165, 1.54) is 12.8 Å². The molecule has 1 fully saturated rings. The van der Waals surface area contributed by atoms with Crippen LogP contribution in [0.1, 0.15) is 30.1 Å². The van der Waals surface area contributed by atoms with Gasteiger partial charge in [-0.3, -0.25) is 5.10 Å². The van der Waals surface area contributed by atoms with Crippen molar-refractivity contribution in [1.82, 2.24) is 15.1 Å². The van der Waals surface area contributed by atoms with Crippen LogP contribution in [-0.4, -0.2) is 35.2 Å². The Hall–Kier alpha value is -1.03. The van der Waals surface area contributed by atoms with Crippen molar-refractivity contribution in [3.63, 3.8) is 0 Å². The van der Waals surface area contributed by atoms with Crippen molar-refractivity contribution < 1.29 is 0 Å². The van der Waals surface area contributed by atoms with E-state index in [9.17, 15) is 0 Å². The normalized spacial score (nSPS) is 20.1. The van der Waals surface area contributed by atoms with Crippen LogP contribution in [0.2, 0.25) is 0 Å². The van der Waals surface area contributed by atoms with Crippen molar-refractivity contribution in [2.75, 3.05) is 25.9 Å². The predicted octanol–water partition coefficient (Wildman–Crippen LogP) is 1.11. The second-order valence-electron chi connectivity index (χ2n) is 4.23. The summed E-state index contributed by atoms with van der Waals surface area (Å²) in [5.74, 6) is 0.552. The van der Waals surface area contributed by atoms with Crippen LogP contribution < -0.4 is 5.73 Å². The lowest BCUT2D eigenvalue weighted by Crippen LogP contribution is -2.29. The van der Waals surface area contributed by atoms with Gasteiger partial charge in [0.1, 0.15) is 0 Å². The Labute approximate surface area is 84.5 Å². The van der Waals surface area contributed by atoms with Crippen molar-refractivity contribution in [3.8, 4) is 0 Å². The first-order valence-corrected chi connectivity index (χ1v) is 5.17. The molecule has 2 rings (SSSR count). The number of nitrogens with two attached hydrogens (primary N) is 1. The van der Waals surface area contributed by atoms with Crippen LogP contribution in [0.3, 0.4) is 0 Å². The molecule has 0 atom stereocenters. The number of nitrogen functional groups attached to an aromatic ring is 1. The van der Waals surface area contributed by atoms with Crippen molar-refractivity contribution in [2.24, 2.45) is 0 Å². The molecule has 0 bridgehead atoms. The van der Waals surface area contributed by atoms with E-state index in [0.29, 0.717) is 5.92 Å². The molecule has 78 valence electrons. The summed E-state index contributed by atoms with van der Waals surface area (Å²) in [6, 6.07) is 0. The molecule has 0 radical (unpaired) electrons. The highest BCUT2D eigenvalue weighted by molar-refractivity contribution is 5.48. The smallest absolute Gasteiger partial charge is 0.0886 e. The number of H-pyrrole nitrogens is 1. The fourth-order valence-electron chi connectivity index (χ4n) is 2.05. The quantitative estimate of drug-likeness (QED) is 0.704. The summed E-state index contributed by atoms with van der Waals surface area (Å²) >= 11 is 0. The van der Waals surface area contributed by atoms with Crippen LogP contribution in [0, 0.1) is 6.92 Å². The topological polar surface area (TPSA) is 57.9 Å². The van der Waals surface area contributed by atoms with Crippen LogP contribution in [0.25, 0.3) is 0 Å². The number of hydrogen-bond acceptors (Lipinski definition) is 3. The number of piperidine rings is 1. The van der Waals surface area contributed by atoms with E-state index in [0.717, 1.165) is 30.2 Å². The van der Waals surface area contributed by atoms with E-state index in [4.69, 9.17) is 5.73 Å². The Balaban J connectivity index is 2.12. The number of aromatic nitrogens is 2. The molecule has 1 aliphatic heterocycles. The molecule has 1 aromatic rings. The number of hydrogen-bond donors (Lipinski definition) is 2. The monoisotopic (exact) mass is 194 g/mol. The summed E-state index contributed by atoms with van der Waals surface area (Å²) in [7, 11) is 2.16. The maximum absolute atomic E-state index is 5.96. The van der Waals surface area contributed by atoms with E-state index in [2.05, 4.69) is 22.1 Å². The zero-order valence-electron chi connectivity index (χ0n) is 8.88. The second-order valence-corrected chi connectivity index (χ2v) is 4.23. The lowest BCUT2D eigenvalue weighted by Gasteiger charge is -2.28. The maximum atomic E-state index is 5.96. The van der Waals surface area contributed by atoms with Crippen molar-refractivity contribution in [1.29, 1.82) is 0 Å². The Morgan fingerprint density at radius 2 is 2.07 bits per heavy atom. The zero-order chi connectivity index (χ0) is 10.1. The Morgan fingerprint density at radius 3 is 2.57 bits per heavy atom. The van der Waals surface area contributed by atoms with E-state index in [-0.39, 0.29) is 0 Å². The van der Waals surface area contributed by atoms with Crippen LogP contribution in [-0.2, 0) is 0 Å². The van der Waals surface area contributed by atoms with Gasteiger partial charge in [0.25, 0.3) is 0 Å². The van der Waals surface area contributed by atoms with Crippen molar-refractivity contribution in [3.05, 3.63) is 11.4 Å². The highest BCUT2D eigenvalue weighted by Crippen LogP contribution is 2.30. The van der Waals surface area contributed by atoms with Gasteiger partial charge in [0, 0.05) is 5.92 Å². The first-order valence-electron chi connectivity index (χ1n) is 5.17. The lowest BCUT2D eigenvalue weighted by atomic mass is 9.93. The average Bonchev–Trinajstić information content (AvgIpc) is 2.50. The highest BCUT2D eigenvalue weighted by atomic mass is 15.1. The SMILES string of the molecule is Cc1[nH]nc(C2CCN(C)CC2)c1N. The Bertz CT molecular complexity index is 310. The van der Waals surface area contributed by atoms with Gasteiger partial charge in [-0.15, -0.1) is 0 Å². The third kappa shape index (κ3) is 1.62. The predicted molar refractivity (Wildman–Crippen MR) is 57.2 cm³/mol. The van der Waals surface area contributed by atoms with E-state index >= 15 is 0 Å². The number of likely N-dealkylation sites (tertiary alicyclic amines) is 1. The molecule has 2 heterocycles. The molecular weight excluding hydrogens is 176 g/mol. The molecule has 0 aliphatic carbocycles. The number of nitrogens with zero attached hydrogens (tertiary/aromatic N) is 2. The number of aryl methyl sites for hydroxylation is 1. The maximum Gasteiger partial charge on any atom is 0.0886 e. The molecule has 1 aliphatic rings. The standard InChI is InChI=1S/C10H18N4/c1-7-9(11)10(13-12-7)8-3-5-14(2)6-4-8/h8H,3-6,11H2,1-2H3,(H,12,13). The molecule has 0 saturated carbocycles. The van der Waals surface area contributed by atoms with Gasteiger partial charge >= 0.3 is 0 Å². The van der Waals surface area contributed by atoms with Gasteiger partial charge in [-0.05, 0) is 39.9 Å². The summed E-state index contributed by atoms with van der Waals surface area (Å²) in [6.07, 6.45) is 2.34. The average molecular weight is 194 g/mol. The van der Waals surface area contributed by atoms with Crippen LogP contribution >= 0.6 is 0 Å². The second kappa shape index (κ2) is 3.61. The Kier molecular flexibility index (Phi) is 2.46. The van der Waals surface area contributed by atoms with Crippen molar-refractivity contribution >= 4 is 5.69 Å². The molecule has 0 unspecified atom stereocenters. The first-order chi connectivity index (χ1) is 6.68. The first kappa shape index (κ1) is 9.52.